The molecule has 1 amide bonds. The van der Waals surface area contributed by atoms with Crippen molar-refractivity contribution in [2.75, 3.05) is 26.3 Å². The van der Waals surface area contributed by atoms with Gasteiger partial charge in [-0.15, -0.1) is 12.4 Å². The minimum atomic E-state index is -3.71. The van der Waals surface area contributed by atoms with Gasteiger partial charge in [0.1, 0.15) is 5.82 Å². The Balaban J connectivity index is 0.00000261. The van der Waals surface area contributed by atoms with E-state index in [9.17, 15) is 17.6 Å². The van der Waals surface area contributed by atoms with Crippen molar-refractivity contribution in [1.82, 2.24) is 9.62 Å². The summed E-state index contributed by atoms with van der Waals surface area (Å²) >= 11 is 0. The van der Waals surface area contributed by atoms with Crippen molar-refractivity contribution in [2.45, 2.75) is 42.2 Å². The van der Waals surface area contributed by atoms with Gasteiger partial charge >= 0.3 is 0 Å². The molecule has 7 nitrogen and oxygen atoms in total. The van der Waals surface area contributed by atoms with E-state index in [0.717, 1.165) is 12.1 Å². The summed E-state index contributed by atoms with van der Waals surface area (Å²) in [4.78, 5) is 14.4. The molecule has 0 atom stereocenters. The second-order valence-electron chi connectivity index (χ2n) is 6.91. The van der Waals surface area contributed by atoms with Gasteiger partial charge in [-0.3, -0.25) is 4.79 Å². The number of carbonyl (C=O) groups excluding carboxylic acids is 1. The van der Waals surface area contributed by atoms with Crippen molar-refractivity contribution < 1.29 is 22.3 Å². The summed E-state index contributed by atoms with van der Waals surface area (Å²) in [6.45, 7) is 1.87. The fourth-order valence-electron chi connectivity index (χ4n) is 3.37. The van der Waals surface area contributed by atoms with Gasteiger partial charge in [0.2, 0.25) is 15.9 Å². The molecule has 0 aromatic heterocycles. The van der Waals surface area contributed by atoms with Crippen LogP contribution in [0, 0.1) is 5.82 Å². The molecule has 0 unspecified atom stereocenters. The predicted octanol–water partition coefficient (Wildman–Crippen LogP) is 1.02. The fourth-order valence-corrected chi connectivity index (χ4v) is 4.67. The summed E-state index contributed by atoms with van der Waals surface area (Å²) < 4.78 is 45.6. The Hall–Kier alpha value is -1.26. The highest BCUT2D eigenvalue weighted by Crippen LogP contribution is 2.23. The molecule has 2 saturated heterocycles. The molecular formula is C17H25ClFN3O4S. The van der Waals surface area contributed by atoms with Crippen LogP contribution in [0.15, 0.2) is 29.2 Å². The summed E-state index contributed by atoms with van der Waals surface area (Å²) in [6, 6.07) is 4.44. The summed E-state index contributed by atoms with van der Waals surface area (Å²) in [5.74, 6) is -0.569. The zero-order chi connectivity index (χ0) is 18.8. The molecule has 2 aliphatic heterocycles. The van der Waals surface area contributed by atoms with Gasteiger partial charge in [0.05, 0.1) is 10.4 Å². The van der Waals surface area contributed by atoms with Gasteiger partial charge in [-0.25, -0.2) is 17.5 Å². The third-order valence-electron chi connectivity index (χ3n) is 5.04. The second kappa shape index (κ2) is 8.83. The van der Waals surface area contributed by atoms with E-state index in [1.807, 2.05) is 0 Å². The quantitative estimate of drug-likeness (QED) is 0.755. The maximum atomic E-state index is 13.0. The monoisotopic (exact) mass is 421 g/mol. The first-order valence-electron chi connectivity index (χ1n) is 8.74. The number of piperidine rings is 1. The Morgan fingerprint density at radius 2 is 1.74 bits per heavy atom. The third kappa shape index (κ3) is 5.17. The molecule has 0 aliphatic carbocycles. The average Bonchev–Trinajstić information content (AvgIpc) is 2.62. The van der Waals surface area contributed by atoms with Gasteiger partial charge < -0.3 is 15.4 Å². The molecule has 0 saturated carbocycles. The molecule has 1 aromatic carbocycles. The molecule has 2 heterocycles. The molecule has 27 heavy (non-hydrogen) atoms. The smallest absolute Gasteiger partial charge is 0.242 e. The molecular weight excluding hydrogens is 397 g/mol. The number of nitrogens with two attached hydrogens (primary N) is 1. The lowest BCUT2D eigenvalue weighted by Gasteiger charge is -2.39. The van der Waals surface area contributed by atoms with E-state index >= 15 is 0 Å². The molecule has 3 rings (SSSR count). The van der Waals surface area contributed by atoms with Crippen LogP contribution in [0.25, 0.3) is 0 Å². The number of nitrogens with zero attached hydrogens (tertiary/aromatic N) is 1. The standard InChI is InChI=1S/C17H24FN3O4S.ClH/c18-13-1-3-15(4-2-13)26(23,24)20-14-5-9-21(10-6-14)16(22)17(19)7-11-25-12-8-17;/h1-4,14,20H,5-12,19H2;1H. The fraction of sp³-hybridized carbons (Fsp3) is 0.588. The predicted molar refractivity (Wildman–Crippen MR) is 101 cm³/mol. The zero-order valence-electron chi connectivity index (χ0n) is 14.9. The number of benzene rings is 1. The van der Waals surface area contributed by atoms with E-state index in [1.54, 1.807) is 4.90 Å². The summed E-state index contributed by atoms with van der Waals surface area (Å²) in [7, 11) is -3.71. The number of likely N-dealkylation sites (tertiary alicyclic amines) is 1. The lowest BCUT2D eigenvalue weighted by molar-refractivity contribution is -0.141. The first kappa shape index (κ1) is 22.0. The van der Waals surface area contributed by atoms with Gasteiger partial charge in [-0.2, -0.15) is 0 Å². The lowest BCUT2D eigenvalue weighted by Crippen LogP contribution is -2.60. The van der Waals surface area contributed by atoms with Gasteiger partial charge in [0.25, 0.3) is 0 Å². The maximum Gasteiger partial charge on any atom is 0.242 e. The van der Waals surface area contributed by atoms with Crippen LogP contribution in [-0.2, 0) is 19.6 Å². The van der Waals surface area contributed by atoms with Crippen LogP contribution in [0.4, 0.5) is 4.39 Å². The summed E-state index contributed by atoms with van der Waals surface area (Å²) in [5, 5.41) is 0. The van der Waals surface area contributed by atoms with Crippen LogP contribution in [-0.4, -0.2) is 57.1 Å². The summed E-state index contributed by atoms with van der Waals surface area (Å²) in [5.41, 5.74) is 5.37. The van der Waals surface area contributed by atoms with Crippen molar-refractivity contribution in [3.05, 3.63) is 30.1 Å². The Morgan fingerprint density at radius 3 is 2.30 bits per heavy atom. The molecule has 1 aromatic rings. The molecule has 0 radical (unpaired) electrons. The van der Waals surface area contributed by atoms with Crippen LogP contribution in [0.3, 0.4) is 0 Å². The minimum Gasteiger partial charge on any atom is -0.381 e. The number of rotatable bonds is 4. The number of nitrogens with one attached hydrogen (secondary N) is 1. The van der Waals surface area contributed by atoms with Crippen LogP contribution in [0.2, 0.25) is 0 Å². The highest BCUT2D eigenvalue weighted by molar-refractivity contribution is 7.89. The second-order valence-corrected chi connectivity index (χ2v) is 8.62. The minimum absolute atomic E-state index is 0. The number of ether oxygens (including phenoxy) is 1. The maximum absolute atomic E-state index is 13.0. The van der Waals surface area contributed by atoms with Crippen molar-refractivity contribution >= 4 is 28.3 Å². The van der Waals surface area contributed by atoms with E-state index in [0.29, 0.717) is 52.0 Å². The topological polar surface area (TPSA) is 102 Å². The van der Waals surface area contributed by atoms with Crippen molar-refractivity contribution in [3.8, 4) is 0 Å². The molecule has 0 spiro atoms. The highest BCUT2D eigenvalue weighted by Gasteiger charge is 2.40. The number of amides is 1. The van der Waals surface area contributed by atoms with Gasteiger partial charge in [-0.1, -0.05) is 0 Å². The first-order valence-corrected chi connectivity index (χ1v) is 10.2. The molecule has 152 valence electrons. The Morgan fingerprint density at radius 1 is 1.19 bits per heavy atom. The van der Waals surface area contributed by atoms with E-state index in [4.69, 9.17) is 10.5 Å². The highest BCUT2D eigenvalue weighted by atomic mass is 35.5. The van der Waals surface area contributed by atoms with Gasteiger partial charge in [-0.05, 0) is 49.9 Å². The van der Waals surface area contributed by atoms with Gasteiger partial charge in [0, 0.05) is 32.3 Å². The number of hydrogen-bond donors (Lipinski definition) is 2. The Bertz CT molecular complexity index is 746. The Labute approximate surface area is 164 Å². The van der Waals surface area contributed by atoms with E-state index in [2.05, 4.69) is 4.72 Å². The molecule has 2 aliphatic rings. The molecule has 2 fully saturated rings. The zero-order valence-corrected chi connectivity index (χ0v) is 16.5. The summed E-state index contributed by atoms with van der Waals surface area (Å²) in [6.07, 6.45) is 2.03. The van der Waals surface area contributed by atoms with Gasteiger partial charge in [0.15, 0.2) is 0 Å². The Kier molecular flexibility index (Phi) is 7.20. The first-order chi connectivity index (χ1) is 12.3. The molecule has 3 N–H and O–H groups in total. The van der Waals surface area contributed by atoms with Crippen molar-refractivity contribution in [2.24, 2.45) is 5.73 Å². The SMILES string of the molecule is Cl.NC1(C(=O)N2CCC(NS(=O)(=O)c3ccc(F)cc3)CC2)CCOCC1. The number of halogens is 2. The molecule has 10 heteroatoms. The van der Waals surface area contributed by atoms with Crippen molar-refractivity contribution in [1.29, 1.82) is 0 Å². The van der Waals surface area contributed by atoms with Crippen LogP contribution < -0.4 is 10.5 Å². The van der Waals surface area contributed by atoms with Crippen molar-refractivity contribution in [3.63, 3.8) is 0 Å². The molecule has 0 bridgehead atoms. The largest absolute Gasteiger partial charge is 0.381 e. The van der Waals surface area contributed by atoms with E-state index < -0.39 is 21.4 Å². The van der Waals surface area contributed by atoms with E-state index in [1.165, 1.54) is 12.1 Å². The van der Waals surface area contributed by atoms with E-state index in [-0.39, 0.29) is 29.3 Å². The van der Waals surface area contributed by atoms with Crippen LogP contribution in [0.5, 0.6) is 0 Å². The lowest BCUT2D eigenvalue weighted by atomic mass is 9.89. The van der Waals surface area contributed by atoms with Crippen LogP contribution in [0.1, 0.15) is 25.7 Å². The average molecular weight is 422 g/mol. The number of sulfonamides is 1. The number of hydrogen-bond acceptors (Lipinski definition) is 5. The third-order valence-corrected chi connectivity index (χ3v) is 6.58. The van der Waals surface area contributed by atoms with Crippen LogP contribution >= 0.6 is 12.4 Å². The normalized spacial score (nSPS) is 20.7. The number of carbonyl (C=O) groups is 1.